The van der Waals surface area contributed by atoms with Crippen LogP contribution in [0.3, 0.4) is 0 Å². The lowest BCUT2D eigenvalue weighted by Crippen LogP contribution is -2.50. The molecule has 33 heteroatoms. The smallest absolute Gasteiger partial charge is 0.311 e. The Hall–Kier alpha value is -6.21. The maximum absolute atomic E-state index is 13.9. The highest BCUT2D eigenvalue weighted by molar-refractivity contribution is 5.80. The van der Waals surface area contributed by atoms with Gasteiger partial charge in [-0.2, -0.15) is 8.78 Å². The van der Waals surface area contributed by atoms with Crippen LogP contribution < -0.4 is 26.0 Å². The minimum atomic E-state index is -2.36. The second-order valence-corrected chi connectivity index (χ2v) is 18.5. The number of amides is 4. The molecule has 0 saturated heterocycles. The zero-order valence-electron chi connectivity index (χ0n) is 48.3. The zero-order valence-corrected chi connectivity index (χ0v) is 48.3. The van der Waals surface area contributed by atoms with Gasteiger partial charge in [-0.3, -0.25) is 24.0 Å². The van der Waals surface area contributed by atoms with Crippen LogP contribution in [0.4, 0.5) is 22.0 Å². The summed E-state index contributed by atoms with van der Waals surface area (Å²) in [6.07, 6.45) is 4.61. The SMILES string of the molecule is [N-]=[N+]=NCCOCCOCCOCCNC(=O)CCC(CCC(=O)NCCOCCOCCOCCN=[N+]=[N-])(CCC(=O)NCCOCCOCCOCCN=[N+]=[N-])NC(=O)CCCCCCCCCCC(=O)Oc1c(F)c(F)c(F)c(F)c1F. The van der Waals surface area contributed by atoms with Gasteiger partial charge in [0.05, 0.1) is 119 Å². The minimum absolute atomic E-state index is 0.0729. The molecule has 1 aromatic carbocycles. The van der Waals surface area contributed by atoms with Crippen LogP contribution in [0.5, 0.6) is 5.75 Å². The van der Waals surface area contributed by atoms with Crippen LogP contribution in [-0.4, -0.2) is 193 Å². The fraction of sp³-hybridized carbons (Fsp3) is 0.788. The van der Waals surface area contributed by atoms with Gasteiger partial charge in [-0.05, 0) is 48.7 Å². The molecule has 0 radical (unpaired) electrons. The van der Waals surface area contributed by atoms with Gasteiger partial charge in [0.25, 0.3) is 0 Å². The molecule has 0 aromatic heterocycles. The molecule has 4 N–H and O–H groups in total. The van der Waals surface area contributed by atoms with Gasteiger partial charge in [-0.1, -0.05) is 53.9 Å². The van der Waals surface area contributed by atoms with Crippen molar-refractivity contribution in [3.63, 3.8) is 0 Å². The Morgan fingerprint density at radius 1 is 0.365 bits per heavy atom. The highest BCUT2D eigenvalue weighted by Crippen LogP contribution is 2.30. The molecule has 1 aromatic rings. The highest BCUT2D eigenvalue weighted by Gasteiger charge is 2.34. The molecule has 4 amide bonds. The van der Waals surface area contributed by atoms with Gasteiger partial charge in [0.15, 0.2) is 0 Å². The molecule has 0 atom stereocenters. The number of rotatable bonds is 58. The molecule has 0 fully saturated rings. The average molecular weight is 1230 g/mol. The molecule has 0 aliphatic heterocycles. The molecular formula is C52H84F5N13O15. The van der Waals surface area contributed by atoms with E-state index in [1.165, 1.54) is 0 Å². The third kappa shape index (κ3) is 42.3. The van der Waals surface area contributed by atoms with Gasteiger partial charge in [0.1, 0.15) is 0 Å². The molecular weight excluding hydrogens is 1140 g/mol. The van der Waals surface area contributed by atoms with E-state index in [2.05, 4.69) is 56.1 Å². The van der Waals surface area contributed by atoms with Crippen molar-refractivity contribution in [3.05, 3.63) is 60.4 Å². The van der Waals surface area contributed by atoms with Crippen LogP contribution in [0.15, 0.2) is 15.3 Å². The maximum Gasteiger partial charge on any atom is 0.311 e. The van der Waals surface area contributed by atoms with E-state index in [4.69, 9.17) is 59.2 Å². The first-order chi connectivity index (χ1) is 41.3. The number of halogens is 5. The van der Waals surface area contributed by atoms with Gasteiger partial charge in [0.2, 0.25) is 58.5 Å². The number of nitrogens with zero attached hydrogens (tertiary/aromatic N) is 9. The van der Waals surface area contributed by atoms with Crippen LogP contribution in [0.1, 0.15) is 103 Å². The largest absolute Gasteiger partial charge is 0.420 e. The first-order valence-electron chi connectivity index (χ1n) is 28.4. The minimum Gasteiger partial charge on any atom is -0.420 e. The lowest BCUT2D eigenvalue weighted by atomic mass is 9.82. The Kier molecular flexibility index (Phi) is 48.1. The summed E-state index contributed by atoms with van der Waals surface area (Å²) >= 11 is 0. The Morgan fingerprint density at radius 3 is 0.976 bits per heavy atom. The first-order valence-corrected chi connectivity index (χ1v) is 28.4. The van der Waals surface area contributed by atoms with E-state index >= 15 is 0 Å². The van der Waals surface area contributed by atoms with Crippen LogP contribution in [0.2, 0.25) is 0 Å². The van der Waals surface area contributed by atoms with Gasteiger partial charge >= 0.3 is 5.97 Å². The molecule has 28 nitrogen and oxygen atoms in total. The summed E-state index contributed by atoms with van der Waals surface area (Å²) < 4.78 is 121. The van der Waals surface area contributed by atoms with E-state index in [9.17, 15) is 45.9 Å². The molecule has 0 bridgehead atoms. The fourth-order valence-corrected chi connectivity index (χ4v) is 7.56. The van der Waals surface area contributed by atoms with Crippen molar-refractivity contribution in [2.75, 3.05) is 158 Å². The lowest BCUT2D eigenvalue weighted by molar-refractivity contribution is -0.135. The van der Waals surface area contributed by atoms with Crippen molar-refractivity contribution < 1.29 is 93.3 Å². The summed E-state index contributed by atoms with van der Waals surface area (Å²) in [7, 11) is 0. The molecule has 0 spiro atoms. The third-order valence-corrected chi connectivity index (χ3v) is 12.0. The third-order valence-electron chi connectivity index (χ3n) is 12.0. The van der Waals surface area contributed by atoms with E-state index in [0.29, 0.717) is 65.3 Å². The van der Waals surface area contributed by atoms with Crippen LogP contribution in [0, 0.1) is 29.1 Å². The molecule has 0 aliphatic rings. The summed E-state index contributed by atoms with van der Waals surface area (Å²) in [5.41, 5.74) is 23.8. The van der Waals surface area contributed by atoms with E-state index in [1.54, 1.807) is 0 Å². The quantitative estimate of drug-likeness (QED) is 0.00599. The standard InChI is InChI=1S/C52H84F5N13O15/c53-46-47(54)49(56)51(50(57)48(46)55)85-45(75)10-8-6-4-2-1-3-5-7-9-44(74)67-52(14-11-41(71)61-17-23-76-29-35-82-38-32-79-26-20-64-68-58,15-12-42(72)62-18-24-77-30-36-83-39-33-80-27-21-65-69-59)16-13-43(73)63-19-25-78-31-37-84-40-34-81-28-22-66-70-60/h1-40H2,(H,61,71)(H,62,72)(H,63,73)(H,67,74). The summed E-state index contributed by atoms with van der Waals surface area (Å²) in [6.45, 7) is 5.96. The summed E-state index contributed by atoms with van der Waals surface area (Å²) in [5, 5.41) is 21.7. The monoisotopic (exact) mass is 1230 g/mol. The van der Waals surface area contributed by atoms with Gasteiger partial charge in [0, 0.05) is 91.6 Å². The Morgan fingerprint density at radius 2 is 0.647 bits per heavy atom. The zero-order chi connectivity index (χ0) is 62.3. The number of carbonyl (C=O) groups excluding carboxylic acids is 5. The number of unbranched alkanes of at least 4 members (excludes halogenated alkanes) is 7. The Bertz CT molecular complexity index is 2010. The predicted octanol–water partition coefficient (Wildman–Crippen LogP) is 6.81. The van der Waals surface area contributed by atoms with Crippen molar-refractivity contribution in [2.24, 2.45) is 15.3 Å². The average Bonchev–Trinajstić information content (AvgIpc) is 2.24. The van der Waals surface area contributed by atoms with Crippen molar-refractivity contribution in [2.45, 2.75) is 108 Å². The van der Waals surface area contributed by atoms with Gasteiger partial charge in [-0.15, -0.1) is 0 Å². The molecule has 1 rings (SSSR count). The van der Waals surface area contributed by atoms with E-state index < -0.39 is 46.3 Å². The molecule has 0 heterocycles. The van der Waals surface area contributed by atoms with E-state index in [-0.39, 0.29) is 200 Å². The number of benzene rings is 1. The number of nitrogens with one attached hydrogen (secondary N) is 4. The number of ether oxygens (including phenoxy) is 10. The molecule has 0 unspecified atom stereocenters. The number of carbonyl (C=O) groups is 5. The van der Waals surface area contributed by atoms with E-state index in [1.807, 2.05) is 0 Å². The van der Waals surface area contributed by atoms with Crippen molar-refractivity contribution in [1.29, 1.82) is 0 Å². The second-order valence-electron chi connectivity index (χ2n) is 18.5. The highest BCUT2D eigenvalue weighted by atomic mass is 19.2. The predicted molar refractivity (Wildman–Crippen MR) is 295 cm³/mol. The fourth-order valence-electron chi connectivity index (χ4n) is 7.56. The number of esters is 1. The topological polar surface area (TPSA) is 372 Å². The van der Waals surface area contributed by atoms with Gasteiger partial charge < -0.3 is 68.6 Å². The van der Waals surface area contributed by atoms with Gasteiger partial charge in [-0.25, -0.2) is 13.2 Å². The molecule has 85 heavy (non-hydrogen) atoms. The molecule has 0 saturated carbocycles. The van der Waals surface area contributed by atoms with Crippen LogP contribution >= 0.6 is 0 Å². The summed E-state index contributed by atoms with van der Waals surface area (Å²) in [5.74, 6) is -15.5. The molecule has 0 aliphatic carbocycles. The Labute approximate surface area is 491 Å². The van der Waals surface area contributed by atoms with Crippen LogP contribution in [-0.2, 0) is 66.6 Å². The first kappa shape index (κ1) is 76.8. The van der Waals surface area contributed by atoms with Crippen LogP contribution in [0.25, 0.3) is 31.3 Å². The maximum atomic E-state index is 13.9. The summed E-state index contributed by atoms with van der Waals surface area (Å²) in [4.78, 5) is 73.7. The number of hydrogen-bond donors (Lipinski definition) is 4. The summed E-state index contributed by atoms with van der Waals surface area (Å²) in [6, 6.07) is 0. The van der Waals surface area contributed by atoms with Crippen molar-refractivity contribution >= 4 is 29.6 Å². The number of hydrogen-bond acceptors (Lipinski definition) is 18. The molecule has 482 valence electrons. The number of azide groups is 3. The van der Waals surface area contributed by atoms with E-state index in [0.717, 1.165) is 19.3 Å². The van der Waals surface area contributed by atoms with Crippen molar-refractivity contribution in [1.82, 2.24) is 21.3 Å². The second kappa shape index (κ2) is 53.3. The van der Waals surface area contributed by atoms with Crippen molar-refractivity contribution in [3.8, 4) is 5.75 Å². The normalized spacial score (nSPS) is 11.6. The Balaban J connectivity index is 2.88. The lowest BCUT2D eigenvalue weighted by Gasteiger charge is -2.35.